The predicted octanol–water partition coefficient (Wildman–Crippen LogP) is 0.744. The van der Waals surface area contributed by atoms with Crippen LogP contribution in [0.2, 0.25) is 0 Å². The van der Waals surface area contributed by atoms with E-state index in [0.717, 1.165) is 5.92 Å². The molecule has 0 aromatic heterocycles. The maximum absolute atomic E-state index is 5.52. The molecule has 1 aliphatic carbocycles. The molecule has 2 atom stereocenters. The molecule has 36 valence electrons. The van der Waals surface area contributed by atoms with Gasteiger partial charge in [0.2, 0.25) is 0 Å². The van der Waals surface area contributed by atoms with E-state index in [4.69, 9.17) is 5.73 Å². The fourth-order valence-electron chi connectivity index (χ4n) is 0.692. The summed E-state index contributed by atoms with van der Waals surface area (Å²) in [6.45, 7) is 2.20. The first kappa shape index (κ1) is 4.13. The summed E-state index contributed by atoms with van der Waals surface area (Å²) < 4.78 is 0. The van der Waals surface area contributed by atoms with E-state index in [1.165, 1.54) is 12.8 Å². The molecule has 0 amide bonds. The van der Waals surface area contributed by atoms with Gasteiger partial charge < -0.3 is 5.73 Å². The van der Waals surface area contributed by atoms with Crippen molar-refractivity contribution in [1.82, 2.24) is 0 Å². The van der Waals surface area contributed by atoms with Gasteiger partial charge in [0, 0.05) is 6.04 Å². The van der Waals surface area contributed by atoms with Gasteiger partial charge in [-0.2, -0.15) is 0 Å². The molecule has 0 heterocycles. The van der Waals surface area contributed by atoms with Crippen molar-refractivity contribution in [1.29, 1.82) is 0 Å². The average Bonchev–Trinajstić information content (AvgIpc) is 1.61. The van der Waals surface area contributed by atoms with Gasteiger partial charge in [0.15, 0.2) is 0 Å². The molecule has 0 radical (unpaired) electrons. The van der Waals surface area contributed by atoms with Gasteiger partial charge >= 0.3 is 0 Å². The molecule has 0 aromatic carbocycles. The lowest BCUT2D eigenvalue weighted by Crippen LogP contribution is -2.37. The minimum atomic E-state index is 0.532. The van der Waals surface area contributed by atoms with E-state index in [1.807, 2.05) is 0 Å². The zero-order valence-electron chi connectivity index (χ0n) is 4.15. The van der Waals surface area contributed by atoms with Crippen LogP contribution in [-0.2, 0) is 0 Å². The van der Waals surface area contributed by atoms with Crippen molar-refractivity contribution in [2.24, 2.45) is 11.7 Å². The maximum Gasteiger partial charge on any atom is 0.00646 e. The smallest absolute Gasteiger partial charge is 0.00646 e. The Hall–Kier alpha value is -0.0400. The average molecular weight is 85.2 g/mol. The van der Waals surface area contributed by atoms with Crippen molar-refractivity contribution in [3.05, 3.63) is 0 Å². The molecule has 1 nitrogen and oxygen atoms in total. The van der Waals surface area contributed by atoms with E-state index in [-0.39, 0.29) is 0 Å². The lowest BCUT2D eigenvalue weighted by molar-refractivity contribution is 0.282. The largest absolute Gasteiger partial charge is 0.327 e. The molecule has 1 heteroatoms. The van der Waals surface area contributed by atoms with Crippen LogP contribution in [0.1, 0.15) is 19.8 Å². The van der Waals surface area contributed by atoms with Gasteiger partial charge in [-0.1, -0.05) is 6.92 Å². The fraction of sp³-hybridized carbons (Fsp3) is 1.00. The number of nitrogens with two attached hydrogens (primary N) is 1. The highest BCUT2D eigenvalue weighted by Crippen LogP contribution is 2.23. The van der Waals surface area contributed by atoms with Crippen LogP contribution in [0.25, 0.3) is 0 Å². The summed E-state index contributed by atoms with van der Waals surface area (Å²) in [6.07, 6.45) is 2.60. The lowest BCUT2D eigenvalue weighted by atomic mass is 9.82. The van der Waals surface area contributed by atoms with Gasteiger partial charge in [0.05, 0.1) is 0 Å². The molecule has 1 fully saturated rings. The van der Waals surface area contributed by atoms with Gasteiger partial charge in [-0.3, -0.25) is 0 Å². The number of hydrogen-bond acceptors (Lipinski definition) is 1. The molecule has 0 aromatic rings. The van der Waals surface area contributed by atoms with E-state index in [9.17, 15) is 0 Å². The van der Waals surface area contributed by atoms with Crippen LogP contribution in [-0.4, -0.2) is 6.04 Å². The third kappa shape index (κ3) is 0.432. The standard InChI is InChI=1S/C5H11N/c1-4-2-3-5(4)6/h4-5H,2-3,6H2,1H3/t4-,5?/m0/s1. The van der Waals surface area contributed by atoms with Crippen LogP contribution in [0.4, 0.5) is 0 Å². The Morgan fingerprint density at radius 3 is 2.00 bits per heavy atom. The Labute approximate surface area is 38.5 Å². The van der Waals surface area contributed by atoms with E-state index >= 15 is 0 Å². The molecular weight excluding hydrogens is 74.1 g/mol. The Balaban J connectivity index is 2.20. The Morgan fingerprint density at radius 2 is 2.00 bits per heavy atom. The molecule has 1 aliphatic rings. The number of rotatable bonds is 0. The first-order chi connectivity index (χ1) is 2.80. The number of hydrogen-bond donors (Lipinski definition) is 1. The molecular formula is C5H11N. The molecule has 0 spiro atoms. The van der Waals surface area contributed by atoms with Gasteiger partial charge in [-0.05, 0) is 18.8 Å². The van der Waals surface area contributed by atoms with Gasteiger partial charge in [-0.15, -0.1) is 0 Å². The molecule has 2 N–H and O–H groups in total. The summed E-state index contributed by atoms with van der Waals surface area (Å²) >= 11 is 0. The highest BCUT2D eigenvalue weighted by molar-refractivity contribution is 4.79. The summed E-state index contributed by atoms with van der Waals surface area (Å²) in [5, 5.41) is 0. The zero-order valence-corrected chi connectivity index (χ0v) is 4.15. The second-order valence-electron chi connectivity index (χ2n) is 2.22. The van der Waals surface area contributed by atoms with Gasteiger partial charge in [0.1, 0.15) is 0 Å². The Kier molecular flexibility index (Phi) is 0.845. The van der Waals surface area contributed by atoms with Crippen molar-refractivity contribution in [3.8, 4) is 0 Å². The van der Waals surface area contributed by atoms with Crippen molar-refractivity contribution >= 4 is 0 Å². The second-order valence-corrected chi connectivity index (χ2v) is 2.22. The zero-order chi connectivity index (χ0) is 4.57. The first-order valence-corrected chi connectivity index (χ1v) is 2.56. The van der Waals surface area contributed by atoms with Crippen LogP contribution >= 0.6 is 0 Å². The summed E-state index contributed by atoms with van der Waals surface area (Å²) in [5.74, 6) is 0.810. The Bertz CT molecular complexity index is 43.9. The molecule has 0 saturated heterocycles. The van der Waals surface area contributed by atoms with Crippen molar-refractivity contribution in [3.63, 3.8) is 0 Å². The first-order valence-electron chi connectivity index (χ1n) is 2.56. The van der Waals surface area contributed by atoms with Crippen molar-refractivity contribution in [2.45, 2.75) is 25.8 Å². The monoisotopic (exact) mass is 85.1 g/mol. The van der Waals surface area contributed by atoms with Crippen molar-refractivity contribution in [2.75, 3.05) is 0 Å². The second kappa shape index (κ2) is 1.23. The topological polar surface area (TPSA) is 26.0 Å². The molecule has 1 rings (SSSR count). The highest BCUT2D eigenvalue weighted by atomic mass is 14.7. The highest BCUT2D eigenvalue weighted by Gasteiger charge is 2.21. The van der Waals surface area contributed by atoms with Crippen LogP contribution in [0, 0.1) is 5.92 Å². The van der Waals surface area contributed by atoms with E-state index in [0.29, 0.717) is 6.04 Å². The molecule has 1 saturated carbocycles. The third-order valence-corrected chi connectivity index (χ3v) is 1.69. The molecule has 0 aliphatic heterocycles. The summed E-state index contributed by atoms with van der Waals surface area (Å²) in [6, 6.07) is 0.532. The van der Waals surface area contributed by atoms with Gasteiger partial charge in [0.25, 0.3) is 0 Å². The lowest BCUT2D eigenvalue weighted by Gasteiger charge is -2.29. The predicted molar refractivity (Wildman–Crippen MR) is 26.4 cm³/mol. The van der Waals surface area contributed by atoms with Crippen LogP contribution < -0.4 is 5.73 Å². The van der Waals surface area contributed by atoms with Crippen molar-refractivity contribution < 1.29 is 0 Å². The van der Waals surface area contributed by atoms with Crippen LogP contribution in [0.3, 0.4) is 0 Å². The van der Waals surface area contributed by atoms with Crippen LogP contribution in [0.5, 0.6) is 0 Å². The fourth-order valence-corrected chi connectivity index (χ4v) is 0.692. The minimum Gasteiger partial charge on any atom is -0.327 e. The normalized spacial score (nSPS) is 45.0. The van der Waals surface area contributed by atoms with E-state index in [2.05, 4.69) is 6.92 Å². The summed E-state index contributed by atoms with van der Waals surface area (Å²) in [4.78, 5) is 0. The van der Waals surface area contributed by atoms with E-state index < -0.39 is 0 Å². The third-order valence-electron chi connectivity index (χ3n) is 1.69. The summed E-state index contributed by atoms with van der Waals surface area (Å²) in [5.41, 5.74) is 5.52. The maximum atomic E-state index is 5.52. The Morgan fingerprint density at radius 1 is 1.50 bits per heavy atom. The minimum absolute atomic E-state index is 0.532. The molecule has 1 unspecified atom stereocenters. The van der Waals surface area contributed by atoms with E-state index in [1.54, 1.807) is 0 Å². The van der Waals surface area contributed by atoms with Gasteiger partial charge in [-0.25, -0.2) is 0 Å². The summed E-state index contributed by atoms with van der Waals surface area (Å²) in [7, 11) is 0. The molecule has 6 heavy (non-hydrogen) atoms. The molecule has 0 bridgehead atoms. The quantitative estimate of drug-likeness (QED) is 0.461. The van der Waals surface area contributed by atoms with Crippen LogP contribution in [0.15, 0.2) is 0 Å². The SMILES string of the molecule is C[C@H]1CCC1N.